The highest BCUT2D eigenvalue weighted by Crippen LogP contribution is 2.30. The molecule has 2 heterocycles. The Kier molecular flexibility index (Phi) is 5.09. The monoisotopic (exact) mass is 382 g/mol. The molecule has 0 bridgehead atoms. The van der Waals surface area contributed by atoms with Gasteiger partial charge in [-0.3, -0.25) is 3.97 Å². The molecule has 1 aromatic heterocycles. The van der Waals surface area contributed by atoms with Gasteiger partial charge in [-0.25, -0.2) is 9.00 Å². The highest BCUT2D eigenvalue weighted by Gasteiger charge is 2.23. The van der Waals surface area contributed by atoms with Gasteiger partial charge in [0.2, 0.25) is 0 Å². The van der Waals surface area contributed by atoms with Gasteiger partial charge in [0.1, 0.15) is 17.6 Å². The molecule has 1 aliphatic rings. The maximum Gasteiger partial charge on any atom is 0.338 e. The minimum atomic E-state index is -1.10. The Balaban J connectivity index is 1.67. The predicted octanol–water partition coefficient (Wildman–Crippen LogP) is 3.18. The van der Waals surface area contributed by atoms with Gasteiger partial charge in [-0.15, -0.1) is 0 Å². The zero-order chi connectivity index (χ0) is 18.8. The van der Waals surface area contributed by atoms with Gasteiger partial charge in [0.15, 0.2) is 0 Å². The normalized spacial score (nSPS) is 14.7. The first-order chi connectivity index (χ1) is 13.2. The van der Waals surface area contributed by atoms with Crippen molar-refractivity contribution in [1.82, 2.24) is 9.29 Å². The van der Waals surface area contributed by atoms with Gasteiger partial charge in [-0.1, -0.05) is 37.3 Å². The Morgan fingerprint density at radius 3 is 2.81 bits per heavy atom. The number of ether oxygens (including phenoxy) is 1. The summed E-state index contributed by atoms with van der Waals surface area (Å²) in [5, 5.41) is 4.35. The molecule has 2 aromatic carbocycles. The quantitative estimate of drug-likeness (QED) is 0.689. The highest BCUT2D eigenvalue weighted by atomic mass is 32.2. The van der Waals surface area contributed by atoms with Crippen LogP contribution in [0.1, 0.15) is 34.1 Å². The van der Waals surface area contributed by atoms with E-state index in [1.54, 1.807) is 6.07 Å². The minimum absolute atomic E-state index is 0.248. The number of carbonyl (C=O) groups excluding carboxylic acids is 1. The first-order valence-electron chi connectivity index (χ1n) is 9.16. The number of carbonyl (C=O) groups is 1. The molecule has 0 radical (unpaired) electrons. The third-order valence-electron chi connectivity index (χ3n) is 4.87. The van der Waals surface area contributed by atoms with Crippen LogP contribution in [0.5, 0.6) is 0 Å². The fourth-order valence-corrected chi connectivity index (χ4v) is 4.63. The van der Waals surface area contributed by atoms with Crippen LogP contribution in [-0.2, 0) is 35.3 Å². The molecule has 3 aromatic rings. The van der Waals surface area contributed by atoms with E-state index in [9.17, 15) is 9.00 Å². The summed E-state index contributed by atoms with van der Waals surface area (Å²) in [6.45, 7) is 3.77. The van der Waals surface area contributed by atoms with E-state index in [1.807, 2.05) is 53.4 Å². The fourth-order valence-electron chi connectivity index (χ4n) is 3.54. The van der Waals surface area contributed by atoms with E-state index in [4.69, 9.17) is 4.74 Å². The lowest BCUT2D eigenvalue weighted by Gasteiger charge is -2.16. The summed E-state index contributed by atoms with van der Waals surface area (Å²) in [4.78, 5) is 12.5. The van der Waals surface area contributed by atoms with Crippen molar-refractivity contribution in [1.29, 1.82) is 0 Å². The molecule has 1 atom stereocenters. The standard InChI is InChI=1S/C21H22N2O3S/c1-2-27(25)23-19-9-8-16(12-17(19)18-13-22-11-10-20(18)23)21(24)26-14-15-6-4-3-5-7-15/h3-9,12,22H,2,10-11,13-14H2,1H3. The topological polar surface area (TPSA) is 60.3 Å². The Morgan fingerprint density at radius 2 is 2.04 bits per heavy atom. The van der Waals surface area contributed by atoms with Crippen molar-refractivity contribution in [2.75, 3.05) is 12.3 Å². The molecule has 1 unspecified atom stereocenters. The van der Waals surface area contributed by atoms with E-state index in [-0.39, 0.29) is 12.6 Å². The number of rotatable bonds is 5. The first-order valence-corrected chi connectivity index (χ1v) is 10.4. The maximum absolute atomic E-state index is 12.6. The summed E-state index contributed by atoms with van der Waals surface area (Å²) >= 11 is 0. The number of aromatic nitrogens is 1. The highest BCUT2D eigenvalue weighted by molar-refractivity contribution is 7.83. The van der Waals surface area contributed by atoms with Gasteiger partial charge < -0.3 is 10.1 Å². The number of nitrogens with one attached hydrogen (secondary N) is 1. The van der Waals surface area contributed by atoms with Crippen molar-refractivity contribution in [3.8, 4) is 0 Å². The second kappa shape index (κ2) is 7.66. The SMILES string of the molecule is CCS(=O)n1c2c(c3cc(C(=O)OCc4ccccc4)ccc31)CNCC2. The van der Waals surface area contributed by atoms with Crippen LogP contribution in [0.2, 0.25) is 0 Å². The van der Waals surface area contributed by atoms with Gasteiger partial charge in [0.25, 0.3) is 0 Å². The van der Waals surface area contributed by atoms with Crippen molar-refractivity contribution in [3.05, 3.63) is 70.9 Å². The van der Waals surface area contributed by atoms with Crippen molar-refractivity contribution in [2.45, 2.75) is 26.5 Å². The van der Waals surface area contributed by atoms with E-state index in [1.165, 1.54) is 0 Å². The molecule has 5 nitrogen and oxygen atoms in total. The van der Waals surface area contributed by atoms with Gasteiger partial charge >= 0.3 is 5.97 Å². The van der Waals surface area contributed by atoms with Gasteiger partial charge in [0.05, 0.1) is 11.1 Å². The van der Waals surface area contributed by atoms with Crippen LogP contribution in [0.25, 0.3) is 10.9 Å². The number of hydrogen-bond acceptors (Lipinski definition) is 4. The Labute approximate surface area is 160 Å². The average Bonchev–Trinajstić information content (AvgIpc) is 3.06. The molecule has 6 heteroatoms. The molecule has 0 amide bonds. The lowest BCUT2D eigenvalue weighted by molar-refractivity contribution is 0.0473. The summed E-state index contributed by atoms with van der Waals surface area (Å²) in [6, 6.07) is 15.2. The lowest BCUT2D eigenvalue weighted by Crippen LogP contribution is -2.25. The zero-order valence-corrected chi connectivity index (χ0v) is 16.1. The number of benzene rings is 2. The number of hydrogen-bond donors (Lipinski definition) is 1. The van der Waals surface area contributed by atoms with Gasteiger partial charge in [-0.05, 0) is 29.3 Å². The smallest absolute Gasteiger partial charge is 0.338 e. The van der Waals surface area contributed by atoms with Crippen molar-refractivity contribution in [2.24, 2.45) is 0 Å². The Hall–Kier alpha value is -2.44. The van der Waals surface area contributed by atoms with Crippen molar-refractivity contribution >= 4 is 27.9 Å². The average molecular weight is 382 g/mol. The number of nitrogens with zero attached hydrogens (tertiary/aromatic N) is 1. The van der Waals surface area contributed by atoms with E-state index in [0.29, 0.717) is 11.3 Å². The first kappa shape index (κ1) is 17.9. The van der Waals surface area contributed by atoms with Crippen LogP contribution in [0, 0.1) is 0 Å². The molecule has 1 aliphatic heterocycles. The molecule has 1 N–H and O–H groups in total. The largest absolute Gasteiger partial charge is 0.457 e. The maximum atomic E-state index is 12.6. The molecular formula is C21H22N2O3S. The fraction of sp³-hybridized carbons (Fsp3) is 0.286. The molecule has 27 heavy (non-hydrogen) atoms. The summed E-state index contributed by atoms with van der Waals surface area (Å²) in [7, 11) is -1.10. The number of fused-ring (bicyclic) bond motifs is 3. The molecule has 0 saturated heterocycles. The summed E-state index contributed by atoms with van der Waals surface area (Å²) in [5.41, 5.74) is 4.64. The molecule has 0 fully saturated rings. The molecule has 140 valence electrons. The molecular weight excluding hydrogens is 360 g/mol. The zero-order valence-electron chi connectivity index (χ0n) is 15.2. The van der Waals surface area contributed by atoms with Gasteiger partial charge in [-0.2, -0.15) is 0 Å². The van der Waals surface area contributed by atoms with Crippen LogP contribution >= 0.6 is 0 Å². The number of esters is 1. The summed E-state index contributed by atoms with van der Waals surface area (Å²) in [5.74, 6) is 0.215. The van der Waals surface area contributed by atoms with Crippen LogP contribution in [0.4, 0.5) is 0 Å². The van der Waals surface area contributed by atoms with Crippen molar-refractivity contribution in [3.63, 3.8) is 0 Å². The Bertz CT molecular complexity index is 1010. The van der Waals surface area contributed by atoms with E-state index in [0.717, 1.165) is 47.2 Å². The Morgan fingerprint density at radius 1 is 1.22 bits per heavy atom. The van der Waals surface area contributed by atoms with Crippen LogP contribution in [0.15, 0.2) is 48.5 Å². The summed E-state index contributed by atoms with van der Waals surface area (Å²) < 4.78 is 20.0. The van der Waals surface area contributed by atoms with Crippen molar-refractivity contribution < 1.29 is 13.7 Å². The van der Waals surface area contributed by atoms with Gasteiger partial charge in [0, 0.05) is 36.3 Å². The molecule has 0 spiro atoms. The van der Waals surface area contributed by atoms with Crippen LogP contribution < -0.4 is 5.32 Å². The second-order valence-electron chi connectivity index (χ2n) is 6.55. The van der Waals surface area contributed by atoms with E-state index < -0.39 is 11.0 Å². The lowest BCUT2D eigenvalue weighted by atomic mass is 10.0. The minimum Gasteiger partial charge on any atom is -0.457 e. The van der Waals surface area contributed by atoms with Crippen LogP contribution in [-0.4, -0.2) is 26.4 Å². The third kappa shape index (κ3) is 3.42. The van der Waals surface area contributed by atoms with Crippen LogP contribution in [0.3, 0.4) is 0 Å². The summed E-state index contributed by atoms with van der Waals surface area (Å²) in [6.07, 6.45) is 0.837. The molecule has 0 saturated carbocycles. The predicted molar refractivity (Wildman–Crippen MR) is 107 cm³/mol. The second-order valence-corrected chi connectivity index (χ2v) is 8.14. The molecule has 4 rings (SSSR count). The third-order valence-corrected chi connectivity index (χ3v) is 6.19. The van der Waals surface area contributed by atoms with E-state index in [2.05, 4.69) is 5.32 Å². The molecule has 0 aliphatic carbocycles. The van der Waals surface area contributed by atoms with E-state index >= 15 is 0 Å².